The first kappa shape index (κ1) is 8.78. The Labute approximate surface area is 90.4 Å². The van der Waals surface area contributed by atoms with Gasteiger partial charge in [0.25, 0.3) is 0 Å². The number of fused-ring (bicyclic) bond motifs is 1. The normalized spacial score (nSPS) is 21.1. The molecule has 0 bridgehead atoms. The Morgan fingerprint density at radius 1 is 1.50 bits per heavy atom. The number of hydrogen-bond acceptors (Lipinski definition) is 1. The van der Waals surface area contributed by atoms with Crippen molar-refractivity contribution in [1.29, 1.82) is 0 Å². The van der Waals surface area contributed by atoms with Crippen molar-refractivity contribution >= 4 is 34.2 Å². The maximum Gasteiger partial charge on any atom is 0.0467 e. The van der Waals surface area contributed by atoms with Crippen LogP contribution in [0.2, 0.25) is 5.02 Å². The van der Waals surface area contributed by atoms with E-state index in [4.69, 9.17) is 17.3 Å². The molecule has 2 N–H and O–H groups in total. The molecule has 0 amide bonds. The molecule has 1 aliphatic carbocycles. The summed E-state index contributed by atoms with van der Waals surface area (Å²) in [5.74, 6) is 0. The molecule has 0 heterocycles. The monoisotopic (exact) mass is 293 g/mol. The van der Waals surface area contributed by atoms with Crippen LogP contribution in [0.5, 0.6) is 0 Å². The van der Waals surface area contributed by atoms with Gasteiger partial charge in [-0.05, 0) is 58.7 Å². The van der Waals surface area contributed by atoms with E-state index < -0.39 is 0 Å². The van der Waals surface area contributed by atoms with Crippen LogP contribution >= 0.6 is 34.2 Å². The molecule has 12 heavy (non-hydrogen) atoms. The van der Waals surface area contributed by atoms with Crippen molar-refractivity contribution in [3.8, 4) is 0 Å². The van der Waals surface area contributed by atoms with Gasteiger partial charge in [0.1, 0.15) is 0 Å². The van der Waals surface area contributed by atoms with Crippen molar-refractivity contribution in [2.75, 3.05) is 0 Å². The third-order valence-electron chi connectivity index (χ3n) is 2.28. The van der Waals surface area contributed by atoms with Crippen LogP contribution in [0.25, 0.3) is 0 Å². The summed E-state index contributed by atoms with van der Waals surface area (Å²) in [5.41, 5.74) is 8.41. The Morgan fingerprint density at radius 2 is 2.25 bits per heavy atom. The van der Waals surface area contributed by atoms with Gasteiger partial charge in [-0.25, -0.2) is 0 Å². The van der Waals surface area contributed by atoms with E-state index in [0.29, 0.717) is 0 Å². The molecular weight excluding hydrogens is 284 g/mol. The van der Waals surface area contributed by atoms with Crippen molar-refractivity contribution in [1.82, 2.24) is 0 Å². The van der Waals surface area contributed by atoms with E-state index in [1.807, 2.05) is 6.07 Å². The lowest BCUT2D eigenvalue weighted by molar-refractivity contribution is 0.713. The Morgan fingerprint density at radius 3 is 3.00 bits per heavy atom. The topological polar surface area (TPSA) is 26.0 Å². The number of benzene rings is 1. The second-order valence-corrected chi connectivity index (χ2v) is 4.76. The number of hydrogen-bond donors (Lipinski definition) is 1. The lowest BCUT2D eigenvalue weighted by Gasteiger charge is -2.07. The highest BCUT2D eigenvalue weighted by Gasteiger charge is 2.21. The van der Waals surface area contributed by atoms with Crippen LogP contribution in [-0.4, -0.2) is 0 Å². The van der Waals surface area contributed by atoms with E-state index in [1.165, 1.54) is 9.13 Å². The van der Waals surface area contributed by atoms with Crippen molar-refractivity contribution in [2.24, 2.45) is 5.73 Å². The molecule has 0 saturated carbocycles. The van der Waals surface area contributed by atoms with Crippen LogP contribution in [0.3, 0.4) is 0 Å². The molecule has 64 valence electrons. The van der Waals surface area contributed by atoms with Crippen LogP contribution in [0, 0.1) is 3.57 Å². The molecular formula is C9H9ClIN. The standard InChI is InChI=1S/C9H9ClIN/c10-7-4-6(11)3-5-1-2-8(12)9(5)7/h3-4,8H,1-2,12H2/t8-/m0/s1. The fourth-order valence-electron chi connectivity index (χ4n) is 1.72. The zero-order valence-corrected chi connectivity index (χ0v) is 9.39. The molecule has 0 saturated heterocycles. The number of nitrogens with two attached hydrogens (primary N) is 1. The van der Waals surface area contributed by atoms with Gasteiger partial charge in [-0.1, -0.05) is 11.6 Å². The van der Waals surface area contributed by atoms with Gasteiger partial charge in [-0.15, -0.1) is 0 Å². The summed E-state index contributed by atoms with van der Waals surface area (Å²) in [7, 11) is 0. The first-order valence-corrected chi connectivity index (χ1v) is 5.37. The van der Waals surface area contributed by atoms with Gasteiger partial charge >= 0.3 is 0 Å². The highest BCUT2D eigenvalue weighted by Crippen LogP contribution is 2.35. The molecule has 1 aliphatic rings. The zero-order chi connectivity index (χ0) is 8.72. The average Bonchev–Trinajstić information content (AvgIpc) is 2.31. The Bertz CT molecular complexity index is 325. The van der Waals surface area contributed by atoms with Gasteiger partial charge in [0.15, 0.2) is 0 Å². The summed E-state index contributed by atoms with van der Waals surface area (Å²) < 4.78 is 1.20. The van der Waals surface area contributed by atoms with Crippen molar-refractivity contribution < 1.29 is 0 Å². The Balaban J connectivity index is 2.60. The van der Waals surface area contributed by atoms with Crippen LogP contribution in [0.1, 0.15) is 23.6 Å². The molecule has 2 rings (SSSR count). The first-order valence-electron chi connectivity index (χ1n) is 3.92. The van der Waals surface area contributed by atoms with Gasteiger partial charge in [0, 0.05) is 14.6 Å². The van der Waals surface area contributed by atoms with Crippen LogP contribution in [0.4, 0.5) is 0 Å². The van der Waals surface area contributed by atoms with Gasteiger partial charge in [-0.2, -0.15) is 0 Å². The summed E-state index contributed by atoms with van der Waals surface area (Å²) in [6, 6.07) is 4.31. The van der Waals surface area contributed by atoms with Gasteiger partial charge in [0.05, 0.1) is 0 Å². The smallest absolute Gasteiger partial charge is 0.0467 e. The fourth-order valence-corrected chi connectivity index (χ4v) is 2.97. The van der Waals surface area contributed by atoms with E-state index in [9.17, 15) is 0 Å². The zero-order valence-electron chi connectivity index (χ0n) is 6.48. The van der Waals surface area contributed by atoms with Crippen LogP contribution in [0.15, 0.2) is 12.1 Å². The maximum atomic E-state index is 6.08. The summed E-state index contributed by atoms with van der Waals surface area (Å²) in [5, 5.41) is 0.835. The lowest BCUT2D eigenvalue weighted by Crippen LogP contribution is -2.05. The molecule has 0 radical (unpaired) electrons. The molecule has 3 heteroatoms. The molecule has 0 spiro atoms. The summed E-state index contributed by atoms with van der Waals surface area (Å²) >= 11 is 8.37. The van der Waals surface area contributed by atoms with E-state index in [-0.39, 0.29) is 6.04 Å². The van der Waals surface area contributed by atoms with Gasteiger partial charge < -0.3 is 5.73 Å². The molecule has 1 atom stereocenters. The number of halogens is 2. The van der Waals surface area contributed by atoms with Crippen LogP contribution in [-0.2, 0) is 6.42 Å². The largest absolute Gasteiger partial charge is 0.324 e. The van der Waals surface area contributed by atoms with Crippen molar-refractivity contribution in [2.45, 2.75) is 18.9 Å². The minimum absolute atomic E-state index is 0.157. The van der Waals surface area contributed by atoms with E-state index in [0.717, 1.165) is 23.4 Å². The minimum atomic E-state index is 0.157. The summed E-state index contributed by atoms with van der Waals surface area (Å²) in [6.45, 7) is 0. The van der Waals surface area contributed by atoms with Crippen molar-refractivity contribution in [3.05, 3.63) is 31.9 Å². The van der Waals surface area contributed by atoms with Gasteiger partial charge in [0.2, 0.25) is 0 Å². The Kier molecular flexibility index (Phi) is 2.31. The third kappa shape index (κ3) is 1.36. The van der Waals surface area contributed by atoms with Crippen LogP contribution < -0.4 is 5.73 Å². The molecule has 1 aromatic rings. The molecule has 0 fully saturated rings. The molecule has 1 nitrogen and oxygen atoms in total. The molecule has 0 aliphatic heterocycles. The lowest BCUT2D eigenvalue weighted by atomic mass is 10.1. The predicted molar refractivity (Wildman–Crippen MR) is 59.4 cm³/mol. The first-order chi connectivity index (χ1) is 5.68. The van der Waals surface area contributed by atoms with E-state index in [2.05, 4.69) is 28.7 Å². The SMILES string of the molecule is N[C@H]1CCc2cc(I)cc(Cl)c21. The molecule has 1 aromatic carbocycles. The fraction of sp³-hybridized carbons (Fsp3) is 0.333. The average molecular weight is 294 g/mol. The second-order valence-electron chi connectivity index (χ2n) is 3.11. The van der Waals surface area contributed by atoms with E-state index >= 15 is 0 Å². The Hall–Kier alpha value is 0.200. The van der Waals surface area contributed by atoms with Gasteiger partial charge in [-0.3, -0.25) is 0 Å². The highest BCUT2D eigenvalue weighted by molar-refractivity contribution is 14.1. The number of rotatable bonds is 0. The minimum Gasteiger partial charge on any atom is -0.324 e. The summed E-state index contributed by atoms with van der Waals surface area (Å²) in [4.78, 5) is 0. The quantitative estimate of drug-likeness (QED) is 0.731. The highest BCUT2D eigenvalue weighted by atomic mass is 127. The molecule has 0 aromatic heterocycles. The third-order valence-corrected chi connectivity index (χ3v) is 3.21. The van der Waals surface area contributed by atoms with E-state index in [1.54, 1.807) is 0 Å². The maximum absolute atomic E-state index is 6.08. The number of aryl methyl sites for hydroxylation is 1. The van der Waals surface area contributed by atoms with Crippen molar-refractivity contribution in [3.63, 3.8) is 0 Å². The predicted octanol–water partition coefficient (Wildman–Crippen LogP) is 2.89. The second kappa shape index (κ2) is 3.16. The molecule has 0 unspecified atom stereocenters. The summed E-state index contributed by atoms with van der Waals surface area (Å²) in [6.07, 6.45) is 2.11.